The van der Waals surface area contributed by atoms with Gasteiger partial charge >= 0.3 is 5.97 Å². The van der Waals surface area contributed by atoms with Crippen molar-refractivity contribution in [2.24, 2.45) is 5.84 Å². The molecule has 1 aliphatic carbocycles. The van der Waals surface area contributed by atoms with Crippen LogP contribution in [0.5, 0.6) is 11.5 Å². The third-order valence-electron chi connectivity index (χ3n) is 8.70. The van der Waals surface area contributed by atoms with Crippen molar-refractivity contribution in [3.8, 4) is 11.5 Å². The molecule has 0 aromatic heterocycles. The maximum atomic E-state index is 13.8. The maximum absolute atomic E-state index is 13.8. The van der Waals surface area contributed by atoms with E-state index in [1.807, 2.05) is 40.2 Å². The van der Waals surface area contributed by atoms with E-state index in [-0.39, 0.29) is 17.9 Å². The number of carbonyl (C=O) groups is 2. The Kier molecular flexibility index (Phi) is 8.66. The molecule has 1 amide bonds. The van der Waals surface area contributed by atoms with Gasteiger partial charge in [0.1, 0.15) is 17.6 Å². The summed E-state index contributed by atoms with van der Waals surface area (Å²) in [7, 11) is 0. The zero-order chi connectivity index (χ0) is 28.3. The molecule has 0 radical (unpaired) electrons. The molecule has 2 saturated heterocycles. The van der Waals surface area contributed by atoms with Gasteiger partial charge in [-0.25, -0.2) is 9.80 Å². The van der Waals surface area contributed by atoms with Crippen molar-refractivity contribution in [3.05, 3.63) is 59.2 Å². The molecule has 0 spiro atoms. The van der Waals surface area contributed by atoms with Crippen LogP contribution in [0.25, 0.3) is 0 Å². The third kappa shape index (κ3) is 6.61. The van der Waals surface area contributed by atoms with E-state index in [0.717, 1.165) is 68.6 Å². The molecule has 1 unspecified atom stereocenters. The summed E-state index contributed by atoms with van der Waals surface area (Å²) in [4.78, 5) is 27.3. The van der Waals surface area contributed by atoms with E-state index in [2.05, 4.69) is 6.07 Å². The fourth-order valence-corrected chi connectivity index (χ4v) is 6.34. The van der Waals surface area contributed by atoms with Crippen LogP contribution in [0, 0.1) is 0 Å². The Morgan fingerprint density at radius 2 is 1.70 bits per heavy atom. The van der Waals surface area contributed by atoms with Gasteiger partial charge in [-0.15, -0.1) is 0 Å². The van der Waals surface area contributed by atoms with Crippen molar-refractivity contribution in [1.29, 1.82) is 0 Å². The minimum absolute atomic E-state index is 0.0572. The van der Waals surface area contributed by atoms with Crippen molar-refractivity contribution in [2.45, 2.75) is 88.8 Å². The van der Waals surface area contributed by atoms with Gasteiger partial charge in [-0.3, -0.25) is 10.6 Å². The molecule has 3 N–H and O–H groups in total. The maximum Gasteiger partial charge on any atom is 0.347 e. The number of hydrogen-bond acceptors (Lipinski definition) is 6. The van der Waals surface area contributed by atoms with Gasteiger partial charge in [-0.1, -0.05) is 31.4 Å². The highest BCUT2D eigenvalue weighted by Crippen LogP contribution is 2.39. The predicted molar refractivity (Wildman–Crippen MR) is 154 cm³/mol. The molecule has 2 aliphatic heterocycles. The number of nitrogens with zero attached hydrogens (tertiary/aromatic N) is 2. The third-order valence-corrected chi connectivity index (χ3v) is 8.70. The van der Waals surface area contributed by atoms with Gasteiger partial charge in [-0.2, -0.15) is 0 Å². The van der Waals surface area contributed by atoms with Crippen LogP contribution in [0.1, 0.15) is 98.5 Å². The molecule has 3 fully saturated rings. The minimum Gasteiger partial charge on any atom is -0.489 e. The molecule has 216 valence electrons. The number of ether oxygens (including phenoxy) is 2. The summed E-state index contributed by atoms with van der Waals surface area (Å²) in [6, 6.07) is 13.7. The highest BCUT2D eigenvalue weighted by Gasteiger charge is 2.31. The number of hydrogen-bond donors (Lipinski definition) is 2. The Labute approximate surface area is 237 Å². The minimum atomic E-state index is -1.32. The number of likely N-dealkylation sites (tertiary alicyclic amines) is 1. The first-order valence-electron chi connectivity index (χ1n) is 14.8. The van der Waals surface area contributed by atoms with Crippen LogP contribution < -0.4 is 15.3 Å². The second-order valence-corrected chi connectivity index (χ2v) is 12.2. The number of hydrazine groups is 1. The lowest BCUT2D eigenvalue weighted by molar-refractivity contribution is -0.152. The molecule has 1 saturated carbocycles. The summed E-state index contributed by atoms with van der Waals surface area (Å²) >= 11 is 0. The SMILES string of the molecule is CC(C)(Oc1cccc(C2CCCN(C(=O)c3ccc(O[C@H]4CCN(N)C4)c(C4CCCCC4)c3)C2)c1)C(=O)O. The lowest BCUT2D eigenvalue weighted by Crippen LogP contribution is -2.39. The quantitative estimate of drug-likeness (QED) is 0.429. The van der Waals surface area contributed by atoms with Crippen LogP contribution in [0.3, 0.4) is 0 Å². The standard InChI is InChI=1S/C32H43N3O5/c1-32(2,31(37)38)40-26-12-6-10-23(18-26)25-11-7-16-34(20-25)30(36)24-13-14-29(39-27-15-17-35(33)21-27)28(19-24)22-8-4-3-5-9-22/h6,10,12-14,18-19,22,25,27H,3-5,7-9,11,15-17,20-21,33H2,1-2H3,(H,37,38)/t25?,27-/m0/s1. The molecule has 2 aromatic rings. The number of carbonyl (C=O) groups excluding carboxylic acids is 1. The van der Waals surface area contributed by atoms with Gasteiger partial charge in [0.2, 0.25) is 0 Å². The van der Waals surface area contributed by atoms with Gasteiger partial charge in [0, 0.05) is 37.7 Å². The first-order valence-corrected chi connectivity index (χ1v) is 14.8. The predicted octanol–water partition coefficient (Wildman–Crippen LogP) is 5.32. The number of amides is 1. The number of carboxylic acid groups (broad SMARTS) is 1. The van der Waals surface area contributed by atoms with E-state index in [4.69, 9.17) is 15.3 Å². The molecule has 3 aliphatic rings. The van der Waals surface area contributed by atoms with Crippen LogP contribution >= 0.6 is 0 Å². The highest BCUT2D eigenvalue weighted by molar-refractivity contribution is 5.94. The van der Waals surface area contributed by atoms with Crippen LogP contribution in [-0.4, -0.2) is 64.8 Å². The van der Waals surface area contributed by atoms with E-state index in [1.165, 1.54) is 24.8 Å². The smallest absolute Gasteiger partial charge is 0.347 e. The summed E-state index contributed by atoms with van der Waals surface area (Å²) in [5, 5.41) is 11.3. The van der Waals surface area contributed by atoms with Gasteiger partial charge in [0.25, 0.3) is 5.91 Å². The van der Waals surface area contributed by atoms with Crippen LogP contribution in [0.15, 0.2) is 42.5 Å². The number of carboxylic acids is 1. The van der Waals surface area contributed by atoms with E-state index in [1.54, 1.807) is 19.9 Å². The van der Waals surface area contributed by atoms with Crippen molar-refractivity contribution in [1.82, 2.24) is 9.91 Å². The molecular weight excluding hydrogens is 506 g/mol. The average molecular weight is 550 g/mol. The van der Waals surface area contributed by atoms with Crippen LogP contribution in [0.4, 0.5) is 0 Å². The first-order chi connectivity index (χ1) is 19.2. The molecule has 2 heterocycles. The molecule has 8 nitrogen and oxygen atoms in total. The summed E-state index contributed by atoms with van der Waals surface area (Å²) in [6.45, 7) is 5.99. The fourth-order valence-electron chi connectivity index (χ4n) is 6.34. The monoisotopic (exact) mass is 549 g/mol. The Morgan fingerprint density at radius 3 is 2.42 bits per heavy atom. The van der Waals surface area contributed by atoms with Crippen molar-refractivity contribution in [2.75, 3.05) is 26.2 Å². The van der Waals surface area contributed by atoms with Gasteiger partial charge in [-0.05, 0) is 93.3 Å². The van der Waals surface area contributed by atoms with Crippen LogP contribution in [0.2, 0.25) is 0 Å². The lowest BCUT2D eigenvalue weighted by Gasteiger charge is -2.34. The normalized spacial score (nSPS) is 22.7. The van der Waals surface area contributed by atoms with Gasteiger partial charge in [0.05, 0.1) is 0 Å². The van der Waals surface area contributed by atoms with Gasteiger partial charge < -0.3 is 19.5 Å². The Morgan fingerprint density at radius 1 is 0.925 bits per heavy atom. The van der Waals surface area contributed by atoms with Crippen molar-refractivity contribution < 1.29 is 24.2 Å². The number of piperidine rings is 1. The van der Waals surface area contributed by atoms with E-state index in [0.29, 0.717) is 18.2 Å². The second kappa shape index (κ2) is 12.2. The molecule has 8 heteroatoms. The van der Waals surface area contributed by atoms with E-state index < -0.39 is 11.6 Å². The number of aliphatic carboxylic acids is 1. The highest BCUT2D eigenvalue weighted by atomic mass is 16.5. The Balaban J connectivity index is 1.32. The fraction of sp³-hybridized carbons (Fsp3) is 0.562. The van der Waals surface area contributed by atoms with Gasteiger partial charge in [0.15, 0.2) is 5.60 Å². The molecule has 2 atom stereocenters. The van der Waals surface area contributed by atoms with Crippen LogP contribution in [-0.2, 0) is 4.79 Å². The van der Waals surface area contributed by atoms with E-state index >= 15 is 0 Å². The summed E-state index contributed by atoms with van der Waals surface area (Å²) < 4.78 is 12.2. The average Bonchev–Trinajstić information content (AvgIpc) is 3.37. The molecule has 0 bridgehead atoms. The summed E-state index contributed by atoms with van der Waals surface area (Å²) in [6.07, 6.45) is 8.82. The molecule has 40 heavy (non-hydrogen) atoms. The zero-order valence-corrected chi connectivity index (χ0v) is 23.8. The molecular formula is C32H43N3O5. The summed E-state index contributed by atoms with van der Waals surface area (Å²) in [5.74, 6) is 7.03. The largest absolute Gasteiger partial charge is 0.489 e. The Hall–Kier alpha value is -3.10. The lowest BCUT2D eigenvalue weighted by atomic mass is 9.83. The topological polar surface area (TPSA) is 105 Å². The number of benzene rings is 2. The zero-order valence-electron chi connectivity index (χ0n) is 23.8. The molecule has 5 rings (SSSR count). The second-order valence-electron chi connectivity index (χ2n) is 12.2. The summed E-state index contributed by atoms with van der Waals surface area (Å²) in [5.41, 5.74) is 1.63. The first kappa shape index (κ1) is 28.4. The van der Waals surface area contributed by atoms with Crippen molar-refractivity contribution >= 4 is 11.9 Å². The number of rotatable bonds is 8. The Bertz CT molecular complexity index is 1210. The number of nitrogens with two attached hydrogens (primary N) is 1. The molecule has 2 aromatic carbocycles. The van der Waals surface area contributed by atoms with E-state index in [9.17, 15) is 14.7 Å². The van der Waals surface area contributed by atoms with Crippen molar-refractivity contribution in [3.63, 3.8) is 0 Å².